The molecule has 7 nitrogen and oxygen atoms in total. The van der Waals surface area contributed by atoms with Crippen LogP contribution in [0.3, 0.4) is 0 Å². The minimum atomic E-state index is -0.601. The minimum Gasteiger partial charge on any atom is -0.454 e. The van der Waals surface area contributed by atoms with E-state index in [2.05, 4.69) is 9.97 Å². The molecule has 0 aliphatic carbocycles. The van der Waals surface area contributed by atoms with Crippen LogP contribution in [0, 0.1) is 13.8 Å². The SMILES string of the molecule is Cc1nc2ccc(C(=O)OCC(=O)c3ccc4c(c3)CC(=O)N4C)cc2nc1C. The van der Waals surface area contributed by atoms with Gasteiger partial charge in [0.1, 0.15) is 0 Å². The maximum atomic E-state index is 12.4. The first-order valence-corrected chi connectivity index (χ1v) is 9.18. The Morgan fingerprint density at radius 3 is 2.45 bits per heavy atom. The van der Waals surface area contributed by atoms with Crippen molar-refractivity contribution in [2.45, 2.75) is 20.3 Å². The van der Waals surface area contributed by atoms with Gasteiger partial charge in [-0.25, -0.2) is 14.8 Å². The van der Waals surface area contributed by atoms with Crippen molar-refractivity contribution in [2.75, 3.05) is 18.6 Å². The van der Waals surface area contributed by atoms with Crippen molar-refractivity contribution in [1.82, 2.24) is 9.97 Å². The standard InChI is InChI=1S/C22H19N3O4/c1-12-13(2)24-18-9-15(4-6-17(18)23-12)22(28)29-11-20(26)14-5-7-19-16(8-14)10-21(27)25(19)3/h4-9H,10-11H2,1-3H3. The highest BCUT2D eigenvalue weighted by atomic mass is 16.5. The van der Waals surface area contributed by atoms with Crippen LogP contribution < -0.4 is 4.90 Å². The largest absolute Gasteiger partial charge is 0.454 e. The van der Waals surface area contributed by atoms with Crippen LogP contribution in [0.15, 0.2) is 36.4 Å². The maximum absolute atomic E-state index is 12.4. The van der Waals surface area contributed by atoms with E-state index in [1.807, 2.05) is 13.8 Å². The van der Waals surface area contributed by atoms with E-state index in [1.165, 1.54) is 0 Å². The number of esters is 1. The van der Waals surface area contributed by atoms with E-state index in [0.29, 0.717) is 22.2 Å². The first-order chi connectivity index (χ1) is 13.8. The average molecular weight is 389 g/mol. The normalized spacial score (nSPS) is 12.9. The molecule has 146 valence electrons. The number of likely N-dealkylation sites (N-methyl/N-ethyl adjacent to an activating group) is 1. The first kappa shape index (κ1) is 18.7. The predicted molar refractivity (Wildman–Crippen MR) is 107 cm³/mol. The molecule has 4 rings (SSSR count). The Labute approximate surface area is 167 Å². The third-order valence-corrected chi connectivity index (χ3v) is 5.12. The van der Waals surface area contributed by atoms with Crippen LogP contribution in [-0.4, -0.2) is 41.3 Å². The summed E-state index contributed by atoms with van der Waals surface area (Å²) in [5.74, 6) is -0.938. The Morgan fingerprint density at radius 2 is 1.69 bits per heavy atom. The zero-order chi connectivity index (χ0) is 20.7. The molecule has 2 heterocycles. The van der Waals surface area contributed by atoms with Crippen LogP contribution in [0.5, 0.6) is 0 Å². The molecule has 0 spiro atoms. The van der Waals surface area contributed by atoms with E-state index >= 15 is 0 Å². The summed E-state index contributed by atoms with van der Waals surface area (Å²) in [4.78, 5) is 47.0. The van der Waals surface area contributed by atoms with Crippen LogP contribution in [0.25, 0.3) is 11.0 Å². The molecular formula is C22H19N3O4. The number of benzene rings is 2. The number of hydrogen-bond donors (Lipinski definition) is 0. The molecule has 0 atom stereocenters. The van der Waals surface area contributed by atoms with Gasteiger partial charge in [0, 0.05) is 18.3 Å². The quantitative estimate of drug-likeness (QED) is 0.504. The molecular weight excluding hydrogens is 370 g/mol. The second-order valence-corrected chi connectivity index (χ2v) is 7.07. The number of Topliss-reactive ketones (excluding diaryl/α,β-unsaturated/α-hetero) is 1. The van der Waals surface area contributed by atoms with Gasteiger partial charge in [0.2, 0.25) is 5.91 Å². The Hall–Kier alpha value is -3.61. The minimum absolute atomic E-state index is 0.0131. The second-order valence-electron chi connectivity index (χ2n) is 7.07. The number of fused-ring (bicyclic) bond motifs is 2. The van der Waals surface area contributed by atoms with E-state index in [0.717, 1.165) is 22.6 Å². The fourth-order valence-electron chi connectivity index (χ4n) is 3.30. The summed E-state index contributed by atoms with van der Waals surface area (Å²) in [7, 11) is 1.70. The number of amides is 1. The van der Waals surface area contributed by atoms with Gasteiger partial charge in [-0.2, -0.15) is 0 Å². The molecule has 2 aromatic carbocycles. The lowest BCUT2D eigenvalue weighted by atomic mass is 10.1. The van der Waals surface area contributed by atoms with E-state index in [-0.39, 0.29) is 24.7 Å². The summed E-state index contributed by atoms with van der Waals surface area (Å²) in [6, 6.07) is 9.99. The Morgan fingerprint density at radius 1 is 1.00 bits per heavy atom. The molecule has 0 unspecified atom stereocenters. The third-order valence-electron chi connectivity index (χ3n) is 5.12. The number of ketones is 1. The molecule has 1 aromatic heterocycles. The summed E-state index contributed by atoms with van der Waals surface area (Å²) in [6.45, 7) is 3.36. The molecule has 0 N–H and O–H groups in total. The molecule has 0 bridgehead atoms. The summed E-state index contributed by atoms with van der Waals surface area (Å²) in [5.41, 5.74) is 5.23. The molecule has 1 aliphatic heterocycles. The summed E-state index contributed by atoms with van der Waals surface area (Å²) in [5, 5.41) is 0. The predicted octanol–water partition coefficient (Wildman–Crippen LogP) is 2.81. The molecule has 0 saturated carbocycles. The number of carbonyl (C=O) groups is 3. The van der Waals surface area contributed by atoms with Crippen LogP contribution in [0.2, 0.25) is 0 Å². The van der Waals surface area contributed by atoms with Gasteiger partial charge in [-0.3, -0.25) is 9.59 Å². The van der Waals surface area contributed by atoms with Gasteiger partial charge in [0.15, 0.2) is 12.4 Å². The molecule has 0 saturated heterocycles. The van der Waals surface area contributed by atoms with Crippen LogP contribution in [0.4, 0.5) is 5.69 Å². The number of aryl methyl sites for hydroxylation is 2. The molecule has 1 aliphatic rings. The van der Waals surface area contributed by atoms with E-state index in [4.69, 9.17) is 4.74 Å². The number of hydrogen-bond acceptors (Lipinski definition) is 6. The van der Waals surface area contributed by atoms with Crippen molar-refractivity contribution in [2.24, 2.45) is 0 Å². The molecule has 0 radical (unpaired) electrons. The monoisotopic (exact) mass is 389 g/mol. The fourth-order valence-corrected chi connectivity index (χ4v) is 3.30. The Kier molecular flexibility index (Phi) is 4.58. The summed E-state index contributed by atoms with van der Waals surface area (Å²) >= 11 is 0. The third kappa shape index (κ3) is 3.47. The smallest absolute Gasteiger partial charge is 0.338 e. The van der Waals surface area contributed by atoms with Gasteiger partial charge < -0.3 is 9.64 Å². The molecule has 1 amide bonds. The second kappa shape index (κ2) is 7.09. The number of ether oxygens (including phenoxy) is 1. The molecule has 3 aromatic rings. The van der Waals surface area contributed by atoms with Gasteiger partial charge in [-0.15, -0.1) is 0 Å². The van der Waals surface area contributed by atoms with Gasteiger partial charge in [-0.1, -0.05) is 0 Å². The van der Waals surface area contributed by atoms with E-state index in [9.17, 15) is 14.4 Å². The molecule has 0 fully saturated rings. The highest BCUT2D eigenvalue weighted by Crippen LogP contribution is 2.28. The zero-order valence-corrected chi connectivity index (χ0v) is 16.4. The van der Waals surface area contributed by atoms with Crippen LogP contribution in [0.1, 0.15) is 37.7 Å². The van der Waals surface area contributed by atoms with Crippen molar-refractivity contribution < 1.29 is 19.1 Å². The highest BCUT2D eigenvalue weighted by Gasteiger charge is 2.25. The Bertz CT molecular complexity index is 1190. The number of carbonyl (C=O) groups excluding carboxylic acids is 3. The number of nitrogens with zero attached hydrogens (tertiary/aromatic N) is 3. The van der Waals surface area contributed by atoms with E-state index < -0.39 is 5.97 Å². The van der Waals surface area contributed by atoms with Crippen LogP contribution in [-0.2, 0) is 16.0 Å². The molecule has 7 heteroatoms. The van der Waals surface area contributed by atoms with E-state index in [1.54, 1.807) is 48.3 Å². The Balaban J connectivity index is 1.46. The fraction of sp³-hybridized carbons (Fsp3) is 0.227. The van der Waals surface area contributed by atoms with Crippen molar-refractivity contribution in [3.05, 3.63) is 64.5 Å². The highest BCUT2D eigenvalue weighted by molar-refractivity contribution is 6.04. The lowest BCUT2D eigenvalue weighted by Gasteiger charge is -2.10. The van der Waals surface area contributed by atoms with Gasteiger partial charge in [0.05, 0.1) is 34.4 Å². The number of anilines is 1. The van der Waals surface area contributed by atoms with Gasteiger partial charge >= 0.3 is 5.97 Å². The zero-order valence-electron chi connectivity index (χ0n) is 16.4. The lowest BCUT2D eigenvalue weighted by Crippen LogP contribution is -2.20. The van der Waals surface area contributed by atoms with Gasteiger partial charge in [0.25, 0.3) is 0 Å². The number of rotatable bonds is 4. The lowest BCUT2D eigenvalue weighted by molar-refractivity contribution is -0.117. The van der Waals surface area contributed by atoms with Crippen molar-refractivity contribution >= 4 is 34.4 Å². The molecule has 29 heavy (non-hydrogen) atoms. The van der Waals surface area contributed by atoms with Crippen molar-refractivity contribution in [3.63, 3.8) is 0 Å². The van der Waals surface area contributed by atoms with Crippen LogP contribution >= 0.6 is 0 Å². The van der Waals surface area contributed by atoms with Crippen molar-refractivity contribution in [3.8, 4) is 0 Å². The van der Waals surface area contributed by atoms with Gasteiger partial charge in [-0.05, 0) is 55.8 Å². The van der Waals surface area contributed by atoms with Crippen molar-refractivity contribution in [1.29, 1.82) is 0 Å². The number of aromatic nitrogens is 2. The summed E-state index contributed by atoms with van der Waals surface area (Å²) < 4.78 is 5.19. The average Bonchev–Trinajstić information content (AvgIpc) is 2.99. The first-order valence-electron chi connectivity index (χ1n) is 9.18. The topological polar surface area (TPSA) is 89.5 Å². The maximum Gasteiger partial charge on any atom is 0.338 e. The summed E-state index contributed by atoms with van der Waals surface area (Å²) in [6.07, 6.45) is 0.268.